The molecule has 0 radical (unpaired) electrons. The Balaban J connectivity index is 1.58. The number of aromatic nitrogens is 2. The Morgan fingerprint density at radius 1 is 1.12 bits per heavy atom. The predicted octanol–water partition coefficient (Wildman–Crippen LogP) is 3.90. The molecule has 1 N–H and O–H groups in total. The van der Waals surface area contributed by atoms with E-state index in [1.54, 1.807) is 18.3 Å². The second kappa shape index (κ2) is 7.87. The summed E-state index contributed by atoms with van der Waals surface area (Å²) >= 11 is 0. The molecule has 0 fully saturated rings. The Bertz CT molecular complexity index is 865. The first-order chi connectivity index (χ1) is 12.5. The summed E-state index contributed by atoms with van der Waals surface area (Å²) < 4.78 is 7.61. The summed E-state index contributed by atoms with van der Waals surface area (Å²) in [6.07, 6.45) is 3.82. The number of carbonyl (C=O) groups excluding carboxylic acids is 1. The minimum Gasteiger partial charge on any atom is -0.491 e. The maximum absolute atomic E-state index is 12.3. The summed E-state index contributed by atoms with van der Waals surface area (Å²) in [4.78, 5) is 16.5. The highest BCUT2D eigenvalue weighted by Crippen LogP contribution is 2.14. The molecule has 1 amide bonds. The second-order valence-electron chi connectivity index (χ2n) is 6.38. The van der Waals surface area contributed by atoms with Crippen molar-refractivity contribution < 1.29 is 9.53 Å². The van der Waals surface area contributed by atoms with Gasteiger partial charge in [-0.1, -0.05) is 12.1 Å². The van der Waals surface area contributed by atoms with Crippen LogP contribution in [-0.2, 0) is 6.54 Å². The van der Waals surface area contributed by atoms with Crippen LogP contribution in [0.25, 0.3) is 5.69 Å². The minimum atomic E-state index is -0.101. The average Bonchev–Trinajstić information content (AvgIpc) is 3.06. The molecule has 26 heavy (non-hydrogen) atoms. The molecule has 5 nitrogen and oxygen atoms in total. The van der Waals surface area contributed by atoms with E-state index in [0.29, 0.717) is 12.1 Å². The van der Waals surface area contributed by atoms with Gasteiger partial charge in [-0.05, 0) is 62.7 Å². The van der Waals surface area contributed by atoms with Gasteiger partial charge in [0.05, 0.1) is 6.10 Å². The van der Waals surface area contributed by atoms with Crippen LogP contribution in [0.15, 0.2) is 60.9 Å². The monoisotopic (exact) mass is 349 g/mol. The molecule has 1 heterocycles. The fraction of sp³-hybridized carbons (Fsp3) is 0.238. The first-order valence-corrected chi connectivity index (χ1v) is 8.67. The van der Waals surface area contributed by atoms with E-state index in [1.165, 1.54) is 0 Å². The molecule has 0 spiro atoms. The normalized spacial score (nSPS) is 10.8. The molecule has 2 aromatic carbocycles. The van der Waals surface area contributed by atoms with Gasteiger partial charge in [0.1, 0.15) is 11.6 Å². The van der Waals surface area contributed by atoms with Gasteiger partial charge in [0.2, 0.25) is 0 Å². The van der Waals surface area contributed by atoms with Crippen LogP contribution in [0.5, 0.6) is 5.75 Å². The number of hydrogen-bond donors (Lipinski definition) is 1. The van der Waals surface area contributed by atoms with Gasteiger partial charge >= 0.3 is 0 Å². The van der Waals surface area contributed by atoms with E-state index in [-0.39, 0.29) is 12.0 Å². The van der Waals surface area contributed by atoms with E-state index in [9.17, 15) is 4.79 Å². The molecule has 134 valence electrons. The molecule has 3 rings (SSSR count). The van der Waals surface area contributed by atoms with Crippen LogP contribution < -0.4 is 10.1 Å². The van der Waals surface area contributed by atoms with E-state index in [1.807, 2.05) is 67.9 Å². The quantitative estimate of drug-likeness (QED) is 0.734. The van der Waals surface area contributed by atoms with Crippen LogP contribution in [0.3, 0.4) is 0 Å². The highest BCUT2D eigenvalue weighted by molar-refractivity contribution is 5.94. The molecule has 0 saturated carbocycles. The van der Waals surface area contributed by atoms with Crippen LogP contribution in [0.4, 0.5) is 0 Å². The number of imidazole rings is 1. The molecule has 0 atom stereocenters. The number of nitrogens with one attached hydrogen (secondary N) is 1. The number of ether oxygens (including phenoxy) is 1. The number of aryl methyl sites for hydroxylation is 1. The predicted molar refractivity (Wildman–Crippen MR) is 102 cm³/mol. The maximum Gasteiger partial charge on any atom is 0.251 e. The Morgan fingerprint density at radius 2 is 1.81 bits per heavy atom. The van der Waals surface area contributed by atoms with Gasteiger partial charge in [-0.25, -0.2) is 4.98 Å². The zero-order valence-electron chi connectivity index (χ0n) is 15.3. The van der Waals surface area contributed by atoms with E-state index < -0.39 is 0 Å². The Hall–Kier alpha value is -3.08. The molecule has 1 aromatic heterocycles. The molecule has 0 aliphatic carbocycles. The molecule has 5 heteroatoms. The minimum absolute atomic E-state index is 0.101. The summed E-state index contributed by atoms with van der Waals surface area (Å²) in [7, 11) is 0. The van der Waals surface area contributed by atoms with Gasteiger partial charge < -0.3 is 14.6 Å². The lowest BCUT2D eigenvalue weighted by Gasteiger charge is -2.10. The summed E-state index contributed by atoms with van der Waals surface area (Å²) in [6, 6.07) is 15.2. The third kappa shape index (κ3) is 4.30. The van der Waals surface area contributed by atoms with Crippen LogP contribution in [0, 0.1) is 6.92 Å². The van der Waals surface area contributed by atoms with Crippen molar-refractivity contribution in [1.29, 1.82) is 0 Å². The number of nitrogens with zero attached hydrogens (tertiary/aromatic N) is 2. The summed E-state index contributed by atoms with van der Waals surface area (Å²) in [5.74, 6) is 1.61. The van der Waals surface area contributed by atoms with Crippen LogP contribution in [0.2, 0.25) is 0 Å². The van der Waals surface area contributed by atoms with E-state index in [2.05, 4.69) is 10.3 Å². The van der Waals surface area contributed by atoms with Crippen molar-refractivity contribution in [2.75, 3.05) is 0 Å². The SMILES string of the molecule is Cc1nccn1-c1ccc(CNC(=O)c2ccc(OC(C)C)cc2)cc1. The molecule has 0 aliphatic heterocycles. The smallest absolute Gasteiger partial charge is 0.251 e. The van der Waals surface area contributed by atoms with E-state index >= 15 is 0 Å². The molecule has 0 unspecified atom stereocenters. The third-order valence-electron chi connectivity index (χ3n) is 3.98. The number of hydrogen-bond acceptors (Lipinski definition) is 3. The fourth-order valence-corrected chi connectivity index (χ4v) is 2.67. The third-order valence-corrected chi connectivity index (χ3v) is 3.98. The van der Waals surface area contributed by atoms with E-state index in [4.69, 9.17) is 4.74 Å². The van der Waals surface area contributed by atoms with Crippen LogP contribution >= 0.6 is 0 Å². The van der Waals surface area contributed by atoms with Gasteiger partial charge in [0.15, 0.2) is 0 Å². The largest absolute Gasteiger partial charge is 0.491 e. The van der Waals surface area contributed by atoms with Crippen molar-refractivity contribution >= 4 is 5.91 Å². The fourth-order valence-electron chi connectivity index (χ4n) is 2.67. The van der Waals surface area contributed by atoms with Crippen molar-refractivity contribution in [3.63, 3.8) is 0 Å². The molecular weight excluding hydrogens is 326 g/mol. The number of benzene rings is 2. The van der Waals surface area contributed by atoms with Gasteiger partial charge in [-0.15, -0.1) is 0 Å². The van der Waals surface area contributed by atoms with Gasteiger partial charge in [-0.2, -0.15) is 0 Å². The van der Waals surface area contributed by atoms with Crippen molar-refractivity contribution in [3.8, 4) is 11.4 Å². The molecule has 0 aliphatic rings. The Labute approximate surface area is 153 Å². The lowest BCUT2D eigenvalue weighted by molar-refractivity contribution is 0.0951. The molecular formula is C21H23N3O2. The standard InChI is InChI=1S/C21H23N3O2/c1-15(2)26-20-10-6-18(7-11-20)21(25)23-14-17-4-8-19(9-5-17)24-13-12-22-16(24)3/h4-13,15H,14H2,1-3H3,(H,23,25). The zero-order chi connectivity index (χ0) is 18.5. The molecule has 3 aromatic rings. The highest BCUT2D eigenvalue weighted by atomic mass is 16.5. The second-order valence-corrected chi connectivity index (χ2v) is 6.38. The first kappa shape index (κ1) is 17.7. The maximum atomic E-state index is 12.3. The number of amides is 1. The lowest BCUT2D eigenvalue weighted by Crippen LogP contribution is -2.22. The van der Waals surface area contributed by atoms with Gasteiger partial charge in [0, 0.05) is 30.2 Å². The zero-order valence-corrected chi connectivity index (χ0v) is 15.3. The van der Waals surface area contributed by atoms with Crippen molar-refractivity contribution in [3.05, 3.63) is 77.9 Å². The van der Waals surface area contributed by atoms with Gasteiger partial charge in [0.25, 0.3) is 5.91 Å². The van der Waals surface area contributed by atoms with Crippen molar-refractivity contribution in [2.45, 2.75) is 33.4 Å². The first-order valence-electron chi connectivity index (χ1n) is 8.67. The average molecular weight is 349 g/mol. The van der Waals surface area contributed by atoms with Crippen LogP contribution in [-0.4, -0.2) is 21.6 Å². The molecule has 0 saturated heterocycles. The Kier molecular flexibility index (Phi) is 5.37. The molecule has 0 bridgehead atoms. The number of carbonyl (C=O) groups is 1. The summed E-state index contributed by atoms with van der Waals surface area (Å²) in [5.41, 5.74) is 2.71. The summed E-state index contributed by atoms with van der Waals surface area (Å²) in [6.45, 7) is 6.39. The number of rotatable bonds is 6. The highest BCUT2D eigenvalue weighted by Gasteiger charge is 2.07. The topological polar surface area (TPSA) is 56.2 Å². The summed E-state index contributed by atoms with van der Waals surface area (Å²) in [5, 5.41) is 2.94. The van der Waals surface area contributed by atoms with Gasteiger partial charge in [-0.3, -0.25) is 4.79 Å². The Morgan fingerprint density at radius 3 is 2.38 bits per heavy atom. The van der Waals surface area contributed by atoms with Crippen molar-refractivity contribution in [2.24, 2.45) is 0 Å². The van der Waals surface area contributed by atoms with E-state index in [0.717, 1.165) is 22.8 Å². The van der Waals surface area contributed by atoms with Crippen LogP contribution in [0.1, 0.15) is 35.6 Å². The lowest BCUT2D eigenvalue weighted by atomic mass is 10.1. The van der Waals surface area contributed by atoms with Crippen molar-refractivity contribution in [1.82, 2.24) is 14.9 Å².